The first-order valence-corrected chi connectivity index (χ1v) is 6.07. The van der Waals surface area contributed by atoms with Crippen molar-refractivity contribution >= 4 is 0 Å². The van der Waals surface area contributed by atoms with Crippen molar-refractivity contribution in [1.82, 2.24) is 4.90 Å². The molecule has 0 aromatic heterocycles. The molecule has 0 saturated carbocycles. The Morgan fingerprint density at radius 2 is 2.11 bits per heavy atom. The van der Waals surface area contributed by atoms with E-state index >= 15 is 0 Å². The number of alkyl halides is 3. The summed E-state index contributed by atoms with van der Waals surface area (Å²) in [6.07, 6.45) is -3.23. The maximum absolute atomic E-state index is 12.6. The van der Waals surface area contributed by atoms with Gasteiger partial charge in [-0.3, -0.25) is 4.90 Å². The van der Waals surface area contributed by atoms with Gasteiger partial charge in [-0.1, -0.05) is 18.2 Å². The molecular formula is C13H17F3N2. The van der Waals surface area contributed by atoms with E-state index in [9.17, 15) is 13.2 Å². The van der Waals surface area contributed by atoms with E-state index in [0.29, 0.717) is 24.6 Å². The minimum atomic E-state index is -4.26. The van der Waals surface area contributed by atoms with Gasteiger partial charge in [0.1, 0.15) is 0 Å². The predicted octanol–water partition coefficient (Wildman–Crippen LogP) is 2.49. The number of likely N-dealkylation sites (tertiary alicyclic amines) is 1. The second kappa shape index (κ2) is 5.28. The molecular weight excluding hydrogens is 241 g/mol. The van der Waals surface area contributed by atoms with Crippen LogP contribution in [0.5, 0.6) is 0 Å². The summed E-state index contributed by atoms with van der Waals surface area (Å²) < 4.78 is 37.7. The number of hydrogen-bond acceptors (Lipinski definition) is 2. The third-order valence-corrected chi connectivity index (χ3v) is 3.36. The number of nitrogens with two attached hydrogens (primary N) is 1. The monoisotopic (exact) mass is 258 g/mol. The molecule has 2 rings (SSSR count). The van der Waals surface area contributed by atoms with Gasteiger partial charge in [0.25, 0.3) is 0 Å². The molecule has 2 nitrogen and oxygen atoms in total. The van der Waals surface area contributed by atoms with Crippen LogP contribution in [0, 0.1) is 5.92 Å². The van der Waals surface area contributed by atoms with E-state index < -0.39 is 11.7 Å². The Bertz CT molecular complexity index is 403. The number of hydrogen-bond donors (Lipinski definition) is 1. The summed E-state index contributed by atoms with van der Waals surface area (Å²) in [5, 5.41) is 0. The maximum Gasteiger partial charge on any atom is 0.416 e. The van der Waals surface area contributed by atoms with Crippen LogP contribution in [0.15, 0.2) is 24.3 Å². The average Bonchev–Trinajstić information content (AvgIpc) is 2.76. The summed E-state index contributed by atoms with van der Waals surface area (Å²) >= 11 is 0. The van der Waals surface area contributed by atoms with Gasteiger partial charge in [-0.15, -0.1) is 0 Å². The largest absolute Gasteiger partial charge is 0.416 e. The fourth-order valence-electron chi connectivity index (χ4n) is 2.35. The molecule has 1 saturated heterocycles. The van der Waals surface area contributed by atoms with E-state index in [4.69, 9.17) is 5.73 Å². The van der Waals surface area contributed by atoms with Gasteiger partial charge in [-0.05, 0) is 37.1 Å². The van der Waals surface area contributed by atoms with Crippen LogP contribution >= 0.6 is 0 Å². The minimum absolute atomic E-state index is 0.482. The zero-order valence-corrected chi connectivity index (χ0v) is 10.1. The SMILES string of the molecule is NCC1CCN(Cc2cccc(C(F)(F)F)c2)C1. The van der Waals surface area contributed by atoms with Crippen molar-refractivity contribution in [3.05, 3.63) is 35.4 Å². The molecule has 100 valence electrons. The van der Waals surface area contributed by atoms with E-state index in [-0.39, 0.29) is 0 Å². The van der Waals surface area contributed by atoms with Gasteiger partial charge in [0.15, 0.2) is 0 Å². The summed E-state index contributed by atoms with van der Waals surface area (Å²) in [7, 11) is 0. The van der Waals surface area contributed by atoms with Crippen molar-refractivity contribution in [1.29, 1.82) is 0 Å². The van der Waals surface area contributed by atoms with Crippen molar-refractivity contribution < 1.29 is 13.2 Å². The molecule has 1 aliphatic rings. The van der Waals surface area contributed by atoms with Gasteiger partial charge in [0, 0.05) is 13.1 Å². The molecule has 0 aliphatic carbocycles. The molecule has 1 unspecified atom stereocenters. The van der Waals surface area contributed by atoms with Crippen LogP contribution in [-0.2, 0) is 12.7 Å². The normalized spacial score (nSPS) is 21.4. The highest BCUT2D eigenvalue weighted by Crippen LogP contribution is 2.30. The molecule has 1 atom stereocenters. The standard InChI is InChI=1S/C13H17F3N2/c14-13(15,16)12-3-1-2-10(6-12)8-18-5-4-11(7-17)9-18/h1-3,6,11H,4-5,7-9,17H2. The molecule has 1 fully saturated rings. The van der Waals surface area contributed by atoms with E-state index in [1.165, 1.54) is 12.1 Å². The molecule has 18 heavy (non-hydrogen) atoms. The predicted molar refractivity (Wildman–Crippen MR) is 63.9 cm³/mol. The second-order valence-electron chi connectivity index (χ2n) is 4.82. The zero-order chi connectivity index (χ0) is 13.2. The van der Waals surface area contributed by atoms with Gasteiger partial charge in [-0.2, -0.15) is 13.2 Å². The lowest BCUT2D eigenvalue weighted by molar-refractivity contribution is -0.137. The Balaban J connectivity index is 2.02. The zero-order valence-electron chi connectivity index (χ0n) is 10.1. The molecule has 1 aliphatic heterocycles. The summed E-state index contributed by atoms with van der Waals surface area (Å²) in [6.45, 7) is 3.02. The van der Waals surface area contributed by atoms with Gasteiger partial charge >= 0.3 is 6.18 Å². The average molecular weight is 258 g/mol. The van der Waals surface area contributed by atoms with Crippen LogP contribution in [0.4, 0.5) is 13.2 Å². The third-order valence-electron chi connectivity index (χ3n) is 3.36. The van der Waals surface area contributed by atoms with Crippen molar-refractivity contribution in [3.8, 4) is 0 Å². The van der Waals surface area contributed by atoms with Crippen molar-refractivity contribution in [2.24, 2.45) is 11.7 Å². The third kappa shape index (κ3) is 3.23. The number of nitrogens with zero attached hydrogens (tertiary/aromatic N) is 1. The summed E-state index contributed by atoms with van der Waals surface area (Å²) in [5.74, 6) is 0.482. The topological polar surface area (TPSA) is 29.3 Å². The highest BCUT2D eigenvalue weighted by molar-refractivity contribution is 5.25. The number of benzene rings is 1. The number of halogens is 3. The Kier molecular flexibility index (Phi) is 3.92. The highest BCUT2D eigenvalue weighted by Gasteiger charge is 2.30. The molecule has 1 aromatic rings. The fourth-order valence-corrected chi connectivity index (χ4v) is 2.35. The molecule has 2 N–H and O–H groups in total. The van der Waals surface area contributed by atoms with Gasteiger partial charge in [0.05, 0.1) is 5.56 Å². The van der Waals surface area contributed by atoms with Crippen LogP contribution in [0.3, 0.4) is 0 Å². The fraction of sp³-hybridized carbons (Fsp3) is 0.538. The lowest BCUT2D eigenvalue weighted by Gasteiger charge is -2.16. The summed E-state index contributed by atoms with van der Waals surface area (Å²) in [4.78, 5) is 2.16. The molecule has 0 spiro atoms. The van der Waals surface area contributed by atoms with Crippen LogP contribution in [-0.4, -0.2) is 24.5 Å². The Labute approximate surface area is 105 Å². The molecule has 1 heterocycles. The van der Waals surface area contributed by atoms with E-state index in [0.717, 1.165) is 25.6 Å². The smallest absolute Gasteiger partial charge is 0.330 e. The quantitative estimate of drug-likeness (QED) is 0.902. The Morgan fingerprint density at radius 1 is 1.33 bits per heavy atom. The Hall–Kier alpha value is -1.07. The van der Waals surface area contributed by atoms with Crippen LogP contribution in [0.2, 0.25) is 0 Å². The molecule has 0 radical (unpaired) electrons. The maximum atomic E-state index is 12.6. The molecule has 1 aromatic carbocycles. The van der Waals surface area contributed by atoms with Crippen molar-refractivity contribution in [2.45, 2.75) is 19.1 Å². The first kappa shape index (κ1) is 13.4. The lowest BCUT2D eigenvalue weighted by Crippen LogP contribution is -2.23. The summed E-state index contributed by atoms with van der Waals surface area (Å²) in [6, 6.07) is 5.55. The minimum Gasteiger partial charge on any atom is -0.330 e. The first-order valence-electron chi connectivity index (χ1n) is 6.07. The van der Waals surface area contributed by atoms with Gasteiger partial charge in [0.2, 0.25) is 0 Å². The lowest BCUT2D eigenvalue weighted by atomic mass is 10.1. The van der Waals surface area contributed by atoms with E-state index in [1.54, 1.807) is 6.07 Å². The van der Waals surface area contributed by atoms with Gasteiger partial charge < -0.3 is 5.73 Å². The summed E-state index contributed by atoms with van der Waals surface area (Å²) in [5.41, 5.74) is 5.73. The molecule has 0 bridgehead atoms. The van der Waals surface area contributed by atoms with Crippen LogP contribution < -0.4 is 5.73 Å². The first-order chi connectivity index (χ1) is 8.49. The second-order valence-corrected chi connectivity index (χ2v) is 4.82. The molecule has 5 heteroatoms. The van der Waals surface area contributed by atoms with Gasteiger partial charge in [-0.25, -0.2) is 0 Å². The highest BCUT2D eigenvalue weighted by atomic mass is 19.4. The van der Waals surface area contributed by atoms with Crippen LogP contribution in [0.25, 0.3) is 0 Å². The van der Waals surface area contributed by atoms with Crippen molar-refractivity contribution in [3.63, 3.8) is 0 Å². The van der Waals surface area contributed by atoms with E-state index in [1.807, 2.05) is 0 Å². The van der Waals surface area contributed by atoms with Crippen molar-refractivity contribution in [2.75, 3.05) is 19.6 Å². The Morgan fingerprint density at radius 3 is 2.72 bits per heavy atom. The van der Waals surface area contributed by atoms with Crippen LogP contribution in [0.1, 0.15) is 17.5 Å². The van der Waals surface area contributed by atoms with E-state index in [2.05, 4.69) is 4.90 Å². The number of rotatable bonds is 3. The molecule has 0 amide bonds.